The molecule has 0 radical (unpaired) electrons. The Balaban J connectivity index is 2.06. The van der Waals surface area contributed by atoms with Crippen molar-refractivity contribution in [1.29, 1.82) is 0 Å². The van der Waals surface area contributed by atoms with Crippen molar-refractivity contribution in [2.45, 2.75) is 26.3 Å². The second kappa shape index (κ2) is 5.88. The number of aryl methyl sites for hydroxylation is 1. The molecule has 1 atom stereocenters. The summed E-state index contributed by atoms with van der Waals surface area (Å²) in [4.78, 5) is 20.9. The van der Waals surface area contributed by atoms with Crippen molar-refractivity contribution in [2.75, 3.05) is 0 Å². The Morgan fingerprint density at radius 1 is 1.53 bits per heavy atom. The first-order valence-corrected chi connectivity index (χ1v) is 6.79. The highest BCUT2D eigenvalue weighted by Crippen LogP contribution is 2.20. The van der Waals surface area contributed by atoms with E-state index in [9.17, 15) is 9.18 Å². The van der Waals surface area contributed by atoms with Crippen LogP contribution in [0.3, 0.4) is 0 Å². The Bertz CT molecular complexity index is 585. The highest BCUT2D eigenvalue weighted by molar-refractivity contribution is 7.11. The highest BCUT2D eigenvalue weighted by atomic mass is 32.1. The van der Waals surface area contributed by atoms with Crippen LogP contribution in [0.1, 0.15) is 40.3 Å². The van der Waals surface area contributed by atoms with E-state index in [1.807, 2.05) is 13.1 Å². The van der Waals surface area contributed by atoms with Gasteiger partial charge in [-0.05, 0) is 25.5 Å². The molecule has 4 nitrogen and oxygen atoms in total. The van der Waals surface area contributed by atoms with Gasteiger partial charge in [-0.3, -0.25) is 4.79 Å². The number of rotatable bonds is 4. The molecule has 0 saturated carbocycles. The van der Waals surface area contributed by atoms with Gasteiger partial charge in [-0.25, -0.2) is 9.97 Å². The SMILES string of the molecule is CCc1cnc(C(C)NC(=O)c2cccc(F)n2)s1. The molecule has 0 saturated heterocycles. The molecule has 0 aliphatic carbocycles. The van der Waals surface area contributed by atoms with Crippen LogP contribution >= 0.6 is 11.3 Å². The van der Waals surface area contributed by atoms with Gasteiger partial charge in [0.05, 0.1) is 6.04 Å². The van der Waals surface area contributed by atoms with Crippen LogP contribution in [0, 0.1) is 5.95 Å². The number of nitrogens with one attached hydrogen (secondary N) is 1. The number of hydrogen-bond donors (Lipinski definition) is 1. The summed E-state index contributed by atoms with van der Waals surface area (Å²) in [6.45, 7) is 3.90. The molecule has 6 heteroatoms. The van der Waals surface area contributed by atoms with E-state index in [-0.39, 0.29) is 11.7 Å². The standard InChI is InChI=1S/C13H14FN3OS/c1-3-9-7-15-13(19-9)8(2)16-12(18)10-5-4-6-11(14)17-10/h4-8H,3H2,1-2H3,(H,16,18). The fraction of sp³-hybridized carbons (Fsp3) is 0.308. The van der Waals surface area contributed by atoms with Crippen LogP contribution in [-0.4, -0.2) is 15.9 Å². The Morgan fingerprint density at radius 3 is 2.95 bits per heavy atom. The molecule has 2 aromatic rings. The van der Waals surface area contributed by atoms with Gasteiger partial charge in [0.15, 0.2) is 0 Å². The average Bonchev–Trinajstić information content (AvgIpc) is 2.87. The molecule has 2 heterocycles. The van der Waals surface area contributed by atoms with Gasteiger partial charge in [0.2, 0.25) is 5.95 Å². The Kier molecular flexibility index (Phi) is 4.21. The van der Waals surface area contributed by atoms with E-state index in [0.717, 1.165) is 11.4 Å². The summed E-state index contributed by atoms with van der Waals surface area (Å²) in [6.07, 6.45) is 2.73. The van der Waals surface area contributed by atoms with E-state index in [1.165, 1.54) is 23.1 Å². The zero-order valence-electron chi connectivity index (χ0n) is 10.7. The monoisotopic (exact) mass is 279 g/mol. The van der Waals surface area contributed by atoms with Crippen LogP contribution in [0.2, 0.25) is 0 Å². The first kappa shape index (κ1) is 13.6. The van der Waals surface area contributed by atoms with Crippen LogP contribution in [0.25, 0.3) is 0 Å². The molecule has 1 N–H and O–H groups in total. The number of hydrogen-bond acceptors (Lipinski definition) is 4. The summed E-state index contributed by atoms with van der Waals surface area (Å²) >= 11 is 1.56. The summed E-state index contributed by atoms with van der Waals surface area (Å²) in [5, 5.41) is 3.59. The summed E-state index contributed by atoms with van der Waals surface area (Å²) in [5.41, 5.74) is 0.0686. The van der Waals surface area contributed by atoms with E-state index in [2.05, 4.69) is 22.2 Å². The quantitative estimate of drug-likeness (QED) is 0.875. The maximum absolute atomic E-state index is 12.9. The topological polar surface area (TPSA) is 54.9 Å². The number of halogens is 1. The van der Waals surface area contributed by atoms with E-state index in [1.54, 1.807) is 11.3 Å². The highest BCUT2D eigenvalue weighted by Gasteiger charge is 2.15. The Hall–Kier alpha value is -1.82. The maximum atomic E-state index is 12.9. The molecule has 0 aliphatic rings. The smallest absolute Gasteiger partial charge is 0.270 e. The van der Waals surface area contributed by atoms with Gasteiger partial charge < -0.3 is 5.32 Å². The second-order valence-corrected chi connectivity index (χ2v) is 5.21. The largest absolute Gasteiger partial charge is 0.342 e. The molecule has 0 aromatic carbocycles. The number of nitrogens with zero attached hydrogens (tertiary/aromatic N) is 2. The third kappa shape index (κ3) is 3.35. The molecule has 100 valence electrons. The van der Waals surface area contributed by atoms with Crippen molar-refractivity contribution in [3.05, 3.63) is 45.9 Å². The molecule has 2 rings (SSSR count). The van der Waals surface area contributed by atoms with Crippen molar-refractivity contribution in [1.82, 2.24) is 15.3 Å². The van der Waals surface area contributed by atoms with Crippen molar-refractivity contribution >= 4 is 17.2 Å². The first-order chi connectivity index (χ1) is 9.10. The number of aromatic nitrogens is 2. The van der Waals surface area contributed by atoms with Crippen molar-refractivity contribution < 1.29 is 9.18 Å². The van der Waals surface area contributed by atoms with Crippen LogP contribution in [0.5, 0.6) is 0 Å². The van der Waals surface area contributed by atoms with E-state index in [0.29, 0.717) is 0 Å². The van der Waals surface area contributed by atoms with Gasteiger partial charge in [0.25, 0.3) is 5.91 Å². The minimum atomic E-state index is -0.664. The van der Waals surface area contributed by atoms with E-state index < -0.39 is 11.9 Å². The minimum Gasteiger partial charge on any atom is -0.342 e. The maximum Gasteiger partial charge on any atom is 0.270 e. The molecule has 0 fully saturated rings. The number of amides is 1. The molecular formula is C13H14FN3OS. The molecule has 1 amide bonds. The minimum absolute atomic E-state index is 0.0686. The van der Waals surface area contributed by atoms with Crippen molar-refractivity contribution in [3.63, 3.8) is 0 Å². The number of carbonyl (C=O) groups is 1. The predicted octanol–water partition coefficient (Wildman–Crippen LogP) is 2.73. The summed E-state index contributed by atoms with van der Waals surface area (Å²) < 4.78 is 12.9. The zero-order valence-corrected chi connectivity index (χ0v) is 11.5. The van der Waals surface area contributed by atoms with E-state index >= 15 is 0 Å². The van der Waals surface area contributed by atoms with Gasteiger partial charge in [0.1, 0.15) is 10.7 Å². The fourth-order valence-electron chi connectivity index (χ4n) is 1.55. The lowest BCUT2D eigenvalue weighted by atomic mass is 10.3. The molecule has 2 aromatic heterocycles. The Labute approximate surface area is 114 Å². The van der Waals surface area contributed by atoms with E-state index in [4.69, 9.17) is 0 Å². The van der Waals surface area contributed by atoms with Crippen molar-refractivity contribution in [3.8, 4) is 0 Å². The number of pyridine rings is 1. The van der Waals surface area contributed by atoms with Crippen LogP contribution < -0.4 is 5.32 Å². The normalized spacial score (nSPS) is 12.2. The lowest BCUT2D eigenvalue weighted by molar-refractivity contribution is 0.0933. The Morgan fingerprint density at radius 2 is 2.32 bits per heavy atom. The zero-order chi connectivity index (χ0) is 13.8. The molecular weight excluding hydrogens is 265 g/mol. The van der Waals surface area contributed by atoms with Gasteiger partial charge in [0, 0.05) is 11.1 Å². The van der Waals surface area contributed by atoms with Gasteiger partial charge in [-0.15, -0.1) is 11.3 Å². The molecule has 1 unspecified atom stereocenters. The number of carbonyl (C=O) groups excluding carboxylic acids is 1. The average molecular weight is 279 g/mol. The first-order valence-electron chi connectivity index (χ1n) is 5.98. The van der Waals surface area contributed by atoms with Crippen LogP contribution in [0.15, 0.2) is 24.4 Å². The lowest BCUT2D eigenvalue weighted by Gasteiger charge is -2.10. The lowest BCUT2D eigenvalue weighted by Crippen LogP contribution is -2.27. The summed E-state index contributed by atoms with van der Waals surface area (Å²) in [5.74, 6) is -1.07. The molecule has 0 aliphatic heterocycles. The summed E-state index contributed by atoms with van der Waals surface area (Å²) in [6, 6.07) is 3.92. The van der Waals surface area contributed by atoms with Crippen LogP contribution in [-0.2, 0) is 6.42 Å². The molecule has 19 heavy (non-hydrogen) atoms. The predicted molar refractivity (Wildman–Crippen MR) is 71.6 cm³/mol. The van der Waals surface area contributed by atoms with Gasteiger partial charge in [-0.2, -0.15) is 4.39 Å². The second-order valence-electron chi connectivity index (χ2n) is 4.06. The number of thiazole rings is 1. The molecule has 0 bridgehead atoms. The van der Waals surface area contributed by atoms with Gasteiger partial charge >= 0.3 is 0 Å². The van der Waals surface area contributed by atoms with Crippen LogP contribution in [0.4, 0.5) is 4.39 Å². The molecule has 0 spiro atoms. The van der Waals surface area contributed by atoms with Gasteiger partial charge in [-0.1, -0.05) is 13.0 Å². The van der Waals surface area contributed by atoms with Crippen molar-refractivity contribution in [2.24, 2.45) is 0 Å². The summed E-state index contributed by atoms with van der Waals surface area (Å²) in [7, 11) is 0. The fourth-order valence-corrected chi connectivity index (χ4v) is 2.41. The third-order valence-electron chi connectivity index (χ3n) is 2.59. The third-order valence-corrected chi connectivity index (χ3v) is 3.91.